The molecule has 5 nitrogen and oxygen atoms in total. The highest BCUT2D eigenvalue weighted by Gasteiger charge is 2.14. The third kappa shape index (κ3) is 5.45. The maximum Gasteiger partial charge on any atom is 0.133 e. The second-order valence-corrected chi connectivity index (χ2v) is 4.59. The number of anilines is 1. The molecule has 5 heteroatoms. The Morgan fingerprint density at radius 3 is 2.30 bits per heavy atom. The van der Waals surface area contributed by atoms with Crippen molar-refractivity contribution in [1.82, 2.24) is 4.98 Å². The minimum absolute atomic E-state index is 0.0413. The standard InChI is InChI=1S/C15H27N3O2/c1-4-19-11-9-18(10-12-20-5-2)15-14(13(3)16)7-6-8-17-15/h6-8,13H,4-5,9-12,16H2,1-3H3/t13-/m0/s1. The van der Waals surface area contributed by atoms with Gasteiger partial charge in [-0.2, -0.15) is 0 Å². The first-order valence-electron chi connectivity index (χ1n) is 7.31. The Kier molecular flexibility index (Phi) is 8.18. The predicted octanol–water partition coefficient (Wildman–Crippen LogP) is 1.98. The first kappa shape index (κ1) is 16.9. The molecule has 20 heavy (non-hydrogen) atoms. The number of ether oxygens (including phenoxy) is 2. The Morgan fingerprint density at radius 1 is 1.20 bits per heavy atom. The zero-order chi connectivity index (χ0) is 14.8. The average Bonchev–Trinajstić information content (AvgIpc) is 2.46. The molecule has 0 aliphatic heterocycles. The third-order valence-corrected chi connectivity index (χ3v) is 3.03. The first-order chi connectivity index (χ1) is 9.70. The minimum atomic E-state index is -0.0413. The summed E-state index contributed by atoms with van der Waals surface area (Å²) < 4.78 is 10.9. The summed E-state index contributed by atoms with van der Waals surface area (Å²) in [6.07, 6.45) is 1.80. The molecule has 0 aliphatic carbocycles. The largest absolute Gasteiger partial charge is 0.380 e. The van der Waals surface area contributed by atoms with Gasteiger partial charge in [0.05, 0.1) is 13.2 Å². The zero-order valence-corrected chi connectivity index (χ0v) is 12.8. The quantitative estimate of drug-likeness (QED) is 0.665. The van der Waals surface area contributed by atoms with Gasteiger partial charge in [-0.05, 0) is 26.8 Å². The Morgan fingerprint density at radius 2 is 1.80 bits per heavy atom. The van der Waals surface area contributed by atoms with Gasteiger partial charge in [0.1, 0.15) is 5.82 Å². The van der Waals surface area contributed by atoms with Gasteiger partial charge in [-0.1, -0.05) is 6.07 Å². The molecule has 1 aromatic heterocycles. The number of hydrogen-bond acceptors (Lipinski definition) is 5. The van der Waals surface area contributed by atoms with Crippen LogP contribution in [0.5, 0.6) is 0 Å². The van der Waals surface area contributed by atoms with Crippen molar-refractivity contribution < 1.29 is 9.47 Å². The van der Waals surface area contributed by atoms with Crippen molar-refractivity contribution in [3.05, 3.63) is 23.9 Å². The molecule has 0 aromatic carbocycles. The summed E-state index contributed by atoms with van der Waals surface area (Å²) in [7, 11) is 0. The van der Waals surface area contributed by atoms with Crippen molar-refractivity contribution >= 4 is 5.82 Å². The second kappa shape index (κ2) is 9.69. The average molecular weight is 281 g/mol. The van der Waals surface area contributed by atoms with E-state index in [4.69, 9.17) is 15.2 Å². The lowest BCUT2D eigenvalue weighted by atomic mass is 10.1. The van der Waals surface area contributed by atoms with Crippen LogP contribution in [0.3, 0.4) is 0 Å². The van der Waals surface area contributed by atoms with Gasteiger partial charge in [0.25, 0.3) is 0 Å². The minimum Gasteiger partial charge on any atom is -0.380 e. The van der Waals surface area contributed by atoms with E-state index >= 15 is 0 Å². The SMILES string of the molecule is CCOCCN(CCOCC)c1ncccc1[C@H](C)N. The molecule has 0 bridgehead atoms. The summed E-state index contributed by atoms with van der Waals surface area (Å²) in [6, 6.07) is 3.91. The van der Waals surface area contributed by atoms with E-state index in [1.807, 2.05) is 32.9 Å². The maximum absolute atomic E-state index is 6.03. The summed E-state index contributed by atoms with van der Waals surface area (Å²) in [5.41, 5.74) is 7.09. The van der Waals surface area contributed by atoms with Gasteiger partial charge in [0.15, 0.2) is 0 Å². The maximum atomic E-state index is 6.03. The van der Waals surface area contributed by atoms with Crippen molar-refractivity contribution in [1.29, 1.82) is 0 Å². The fourth-order valence-electron chi connectivity index (χ4n) is 1.99. The Balaban J connectivity index is 2.79. The number of aromatic nitrogens is 1. The van der Waals surface area contributed by atoms with Gasteiger partial charge in [-0.3, -0.25) is 0 Å². The van der Waals surface area contributed by atoms with E-state index in [2.05, 4.69) is 9.88 Å². The van der Waals surface area contributed by atoms with Crippen molar-refractivity contribution in [2.75, 3.05) is 44.4 Å². The van der Waals surface area contributed by atoms with Crippen LogP contribution >= 0.6 is 0 Å². The molecule has 1 heterocycles. The molecule has 0 radical (unpaired) electrons. The summed E-state index contributed by atoms with van der Waals surface area (Å²) in [4.78, 5) is 6.68. The Bertz CT molecular complexity index is 362. The highest BCUT2D eigenvalue weighted by atomic mass is 16.5. The van der Waals surface area contributed by atoms with Gasteiger partial charge in [-0.15, -0.1) is 0 Å². The molecule has 0 amide bonds. The number of nitrogens with two attached hydrogens (primary N) is 1. The molecule has 1 aromatic rings. The lowest BCUT2D eigenvalue weighted by molar-refractivity contribution is 0.141. The highest BCUT2D eigenvalue weighted by molar-refractivity contribution is 5.48. The van der Waals surface area contributed by atoms with Crippen LogP contribution in [0.1, 0.15) is 32.4 Å². The number of pyridine rings is 1. The molecule has 0 unspecified atom stereocenters. The van der Waals surface area contributed by atoms with Gasteiger partial charge >= 0.3 is 0 Å². The molecule has 0 aliphatic rings. The monoisotopic (exact) mass is 281 g/mol. The van der Waals surface area contributed by atoms with Crippen LogP contribution in [0.2, 0.25) is 0 Å². The number of nitrogens with zero attached hydrogens (tertiary/aromatic N) is 2. The normalized spacial score (nSPS) is 12.4. The molecule has 0 saturated heterocycles. The summed E-state index contributed by atoms with van der Waals surface area (Å²) in [5, 5.41) is 0. The second-order valence-electron chi connectivity index (χ2n) is 4.59. The summed E-state index contributed by atoms with van der Waals surface area (Å²) >= 11 is 0. The van der Waals surface area contributed by atoms with Crippen LogP contribution < -0.4 is 10.6 Å². The molecule has 114 valence electrons. The molecule has 0 saturated carbocycles. The summed E-state index contributed by atoms with van der Waals surface area (Å²) in [5.74, 6) is 0.932. The fraction of sp³-hybridized carbons (Fsp3) is 0.667. The van der Waals surface area contributed by atoms with Crippen LogP contribution in [0, 0.1) is 0 Å². The van der Waals surface area contributed by atoms with Crippen LogP contribution in [0.15, 0.2) is 18.3 Å². The lowest BCUT2D eigenvalue weighted by Gasteiger charge is -2.26. The third-order valence-electron chi connectivity index (χ3n) is 3.03. The van der Waals surface area contributed by atoms with Crippen molar-refractivity contribution in [2.24, 2.45) is 5.73 Å². The van der Waals surface area contributed by atoms with Gasteiger partial charge in [0, 0.05) is 44.1 Å². The summed E-state index contributed by atoms with van der Waals surface area (Å²) in [6.45, 7) is 10.4. The number of rotatable bonds is 10. The van der Waals surface area contributed by atoms with E-state index in [9.17, 15) is 0 Å². The van der Waals surface area contributed by atoms with Crippen LogP contribution in [0.4, 0.5) is 5.82 Å². The van der Waals surface area contributed by atoms with Gasteiger partial charge in [0.2, 0.25) is 0 Å². The van der Waals surface area contributed by atoms with E-state index in [1.165, 1.54) is 0 Å². The molecule has 0 spiro atoms. The van der Waals surface area contributed by atoms with Crippen molar-refractivity contribution in [3.8, 4) is 0 Å². The molecule has 0 fully saturated rings. The molecular formula is C15H27N3O2. The van der Waals surface area contributed by atoms with Gasteiger partial charge in [-0.25, -0.2) is 4.98 Å². The van der Waals surface area contributed by atoms with E-state index in [0.717, 1.165) is 37.7 Å². The van der Waals surface area contributed by atoms with E-state index in [0.29, 0.717) is 13.2 Å². The fourth-order valence-corrected chi connectivity index (χ4v) is 1.99. The Labute approximate surface area is 122 Å². The topological polar surface area (TPSA) is 60.6 Å². The van der Waals surface area contributed by atoms with Crippen LogP contribution in [-0.4, -0.2) is 44.5 Å². The van der Waals surface area contributed by atoms with Crippen LogP contribution in [-0.2, 0) is 9.47 Å². The zero-order valence-electron chi connectivity index (χ0n) is 12.8. The van der Waals surface area contributed by atoms with E-state index in [-0.39, 0.29) is 6.04 Å². The Hall–Kier alpha value is -1.17. The van der Waals surface area contributed by atoms with E-state index < -0.39 is 0 Å². The lowest BCUT2D eigenvalue weighted by Crippen LogP contribution is -2.33. The van der Waals surface area contributed by atoms with Gasteiger partial charge < -0.3 is 20.1 Å². The van der Waals surface area contributed by atoms with Crippen LogP contribution in [0.25, 0.3) is 0 Å². The van der Waals surface area contributed by atoms with Crippen molar-refractivity contribution in [3.63, 3.8) is 0 Å². The molecule has 2 N–H and O–H groups in total. The smallest absolute Gasteiger partial charge is 0.133 e. The first-order valence-corrected chi connectivity index (χ1v) is 7.31. The molecule has 1 atom stereocenters. The van der Waals surface area contributed by atoms with Crippen molar-refractivity contribution in [2.45, 2.75) is 26.8 Å². The number of hydrogen-bond donors (Lipinski definition) is 1. The molecular weight excluding hydrogens is 254 g/mol. The molecule has 1 rings (SSSR count). The van der Waals surface area contributed by atoms with E-state index in [1.54, 1.807) is 6.20 Å². The highest BCUT2D eigenvalue weighted by Crippen LogP contribution is 2.22. The predicted molar refractivity (Wildman–Crippen MR) is 82.0 cm³/mol.